The number of carbonyl (C=O) groups excluding carboxylic acids is 2. The van der Waals surface area contributed by atoms with Gasteiger partial charge in [-0.05, 0) is 53.7 Å². The highest BCUT2D eigenvalue weighted by atomic mass is 32.1. The molecule has 0 N–H and O–H groups in total. The first-order valence-corrected chi connectivity index (χ1v) is 11.1. The first-order valence-electron chi connectivity index (χ1n) is 10.3. The Kier molecular flexibility index (Phi) is 6.46. The highest BCUT2D eigenvalue weighted by Crippen LogP contribution is 2.44. The van der Waals surface area contributed by atoms with Gasteiger partial charge in [-0.15, -0.1) is 11.3 Å². The molecule has 0 radical (unpaired) electrons. The molecule has 1 aromatic heterocycles. The summed E-state index contributed by atoms with van der Waals surface area (Å²) in [6.45, 7) is 10.9. The Labute approximate surface area is 186 Å². The second-order valence-corrected chi connectivity index (χ2v) is 9.05. The number of hydrogen-bond donors (Lipinski definition) is 0. The lowest BCUT2D eigenvalue weighted by atomic mass is 10.1. The smallest absolute Gasteiger partial charge is 0.349 e. The van der Waals surface area contributed by atoms with Crippen molar-refractivity contribution >= 4 is 43.4 Å². The zero-order valence-corrected chi connectivity index (χ0v) is 19.6. The zero-order valence-electron chi connectivity index (χ0n) is 18.7. The Hall–Kier alpha value is -2.80. The molecule has 6 nitrogen and oxygen atoms in total. The average molecular weight is 445 g/mol. The maximum absolute atomic E-state index is 12.3. The van der Waals surface area contributed by atoms with Crippen molar-refractivity contribution in [2.24, 2.45) is 0 Å². The lowest BCUT2D eigenvalue weighted by Crippen LogP contribution is -2.39. The summed E-state index contributed by atoms with van der Waals surface area (Å²) in [6.07, 6.45) is 0. The lowest BCUT2D eigenvalue weighted by Gasteiger charge is -2.24. The van der Waals surface area contributed by atoms with E-state index in [0.717, 1.165) is 20.2 Å². The second kappa shape index (κ2) is 8.75. The van der Waals surface area contributed by atoms with Crippen LogP contribution in [0.5, 0.6) is 11.5 Å². The van der Waals surface area contributed by atoms with E-state index in [1.54, 1.807) is 41.5 Å². The van der Waals surface area contributed by atoms with Crippen LogP contribution in [0.25, 0.3) is 20.2 Å². The van der Waals surface area contributed by atoms with Crippen LogP contribution in [0.3, 0.4) is 0 Å². The predicted octanol–water partition coefficient (Wildman–Crippen LogP) is 5.50. The van der Waals surface area contributed by atoms with Crippen LogP contribution >= 0.6 is 11.3 Å². The molecule has 0 fully saturated rings. The largest absolute Gasteiger partial charge is 0.475 e. The Morgan fingerprint density at radius 2 is 1.13 bits per heavy atom. The third-order valence-electron chi connectivity index (χ3n) is 4.72. The number of ether oxygens (including phenoxy) is 4. The summed E-state index contributed by atoms with van der Waals surface area (Å²) < 4.78 is 24.2. The monoisotopic (exact) mass is 444 g/mol. The van der Waals surface area contributed by atoms with Gasteiger partial charge in [0.15, 0.2) is 11.2 Å². The molecule has 0 atom stereocenters. The van der Waals surface area contributed by atoms with Gasteiger partial charge in [-0.25, -0.2) is 9.59 Å². The number of carbonyl (C=O) groups is 2. The number of hydrogen-bond acceptors (Lipinski definition) is 7. The molecule has 0 amide bonds. The maximum Gasteiger partial charge on any atom is 0.349 e. The average Bonchev–Trinajstić information content (AvgIpc) is 3.09. The summed E-state index contributed by atoms with van der Waals surface area (Å²) in [4.78, 5) is 24.6. The fourth-order valence-corrected chi connectivity index (χ4v) is 4.37. The Bertz CT molecular complexity index is 1030. The highest BCUT2D eigenvalue weighted by Gasteiger charge is 2.34. The number of esters is 2. The zero-order chi connectivity index (χ0) is 22.8. The summed E-state index contributed by atoms with van der Waals surface area (Å²) in [7, 11) is 0. The van der Waals surface area contributed by atoms with E-state index < -0.39 is 23.1 Å². The lowest BCUT2D eigenvalue weighted by molar-refractivity contribution is -0.159. The quantitative estimate of drug-likeness (QED) is 0.428. The standard InChI is InChI=1S/C24H28O6S/c1-7-27-21(25)23(3,4)29-17-13-9-11-15-16-12-10-14-18(20(16)31-19(15)17)30-24(5,6)22(26)28-8-2/h9-14H,7-8H2,1-6H3. The van der Waals surface area contributed by atoms with E-state index in [0.29, 0.717) is 11.5 Å². The topological polar surface area (TPSA) is 71.1 Å². The van der Waals surface area contributed by atoms with Crippen molar-refractivity contribution in [2.45, 2.75) is 52.7 Å². The van der Waals surface area contributed by atoms with Gasteiger partial charge < -0.3 is 18.9 Å². The normalized spacial score (nSPS) is 12.1. The molecule has 0 saturated carbocycles. The van der Waals surface area contributed by atoms with Crippen molar-refractivity contribution in [2.75, 3.05) is 13.2 Å². The molecule has 0 bridgehead atoms. The fraction of sp³-hybridized carbons (Fsp3) is 0.417. The molecule has 166 valence electrons. The predicted molar refractivity (Wildman–Crippen MR) is 122 cm³/mol. The number of rotatable bonds is 8. The summed E-state index contributed by atoms with van der Waals surface area (Å²) in [6, 6.07) is 11.4. The van der Waals surface area contributed by atoms with Gasteiger partial charge >= 0.3 is 11.9 Å². The number of thiophene rings is 1. The molecule has 2 aromatic carbocycles. The van der Waals surface area contributed by atoms with Gasteiger partial charge in [0.05, 0.1) is 22.6 Å². The SMILES string of the molecule is CCOC(=O)C(C)(C)Oc1cccc2c1sc1c(OC(C)(C)C(=O)OCC)cccc12. The van der Waals surface area contributed by atoms with Crippen molar-refractivity contribution in [1.29, 1.82) is 0 Å². The van der Waals surface area contributed by atoms with E-state index >= 15 is 0 Å². The fourth-order valence-electron chi connectivity index (χ4n) is 3.17. The van der Waals surface area contributed by atoms with Crippen molar-refractivity contribution < 1.29 is 28.5 Å². The van der Waals surface area contributed by atoms with Crippen LogP contribution < -0.4 is 9.47 Å². The summed E-state index contributed by atoms with van der Waals surface area (Å²) >= 11 is 1.49. The van der Waals surface area contributed by atoms with Crippen molar-refractivity contribution in [1.82, 2.24) is 0 Å². The minimum Gasteiger partial charge on any atom is -0.475 e. The van der Waals surface area contributed by atoms with Crippen LogP contribution in [0.2, 0.25) is 0 Å². The van der Waals surface area contributed by atoms with Gasteiger partial charge in [0.1, 0.15) is 11.5 Å². The van der Waals surface area contributed by atoms with Gasteiger partial charge in [-0.2, -0.15) is 0 Å². The van der Waals surface area contributed by atoms with Crippen LogP contribution in [-0.4, -0.2) is 36.4 Å². The molecule has 31 heavy (non-hydrogen) atoms. The number of fused-ring (bicyclic) bond motifs is 3. The van der Waals surface area contributed by atoms with Crippen LogP contribution in [-0.2, 0) is 19.1 Å². The van der Waals surface area contributed by atoms with E-state index in [-0.39, 0.29) is 13.2 Å². The first-order chi connectivity index (χ1) is 14.6. The molecule has 0 aliphatic carbocycles. The molecule has 0 saturated heterocycles. The molecule has 0 spiro atoms. The van der Waals surface area contributed by atoms with Crippen molar-refractivity contribution in [3.63, 3.8) is 0 Å². The maximum atomic E-state index is 12.3. The van der Waals surface area contributed by atoms with E-state index in [2.05, 4.69) is 0 Å². The third-order valence-corrected chi connectivity index (χ3v) is 5.97. The van der Waals surface area contributed by atoms with Gasteiger partial charge in [-0.3, -0.25) is 0 Å². The van der Waals surface area contributed by atoms with Crippen LogP contribution in [0.4, 0.5) is 0 Å². The molecule has 1 heterocycles. The molecule has 0 aliphatic rings. The minimum atomic E-state index is -1.13. The molecular formula is C24H28O6S. The Morgan fingerprint density at radius 3 is 1.48 bits per heavy atom. The minimum absolute atomic E-state index is 0.287. The van der Waals surface area contributed by atoms with E-state index in [1.165, 1.54) is 11.3 Å². The third kappa shape index (κ3) is 4.61. The second-order valence-electron chi connectivity index (χ2n) is 8.03. The molecule has 3 aromatic rings. The molecule has 0 aliphatic heterocycles. The van der Waals surface area contributed by atoms with Crippen LogP contribution in [0, 0.1) is 0 Å². The molecule has 7 heteroatoms. The molecular weight excluding hydrogens is 416 g/mol. The van der Waals surface area contributed by atoms with E-state index in [9.17, 15) is 9.59 Å². The van der Waals surface area contributed by atoms with Crippen molar-refractivity contribution in [3.8, 4) is 11.5 Å². The number of benzene rings is 2. The van der Waals surface area contributed by atoms with Crippen molar-refractivity contribution in [3.05, 3.63) is 36.4 Å². The Morgan fingerprint density at radius 1 is 0.742 bits per heavy atom. The summed E-state index contributed by atoms with van der Waals surface area (Å²) in [5.41, 5.74) is -2.27. The van der Waals surface area contributed by atoms with Gasteiger partial charge in [-0.1, -0.05) is 24.3 Å². The molecule has 0 unspecified atom stereocenters. The van der Waals surface area contributed by atoms with E-state index in [4.69, 9.17) is 18.9 Å². The van der Waals surface area contributed by atoms with Crippen LogP contribution in [0.15, 0.2) is 36.4 Å². The highest BCUT2D eigenvalue weighted by molar-refractivity contribution is 7.26. The van der Waals surface area contributed by atoms with E-state index in [1.807, 2.05) is 36.4 Å². The van der Waals surface area contributed by atoms with Gasteiger partial charge in [0, 0.05) is 10.8 Å². The van der Waals surface area contributed by atoms with Crippen LogP contribution in [0.1, 0.15) is 41.5 Å². The summed E-state index contributed by atoms with van der Waals surface area (Å²) in [5, 5.41) is 1.97. The first kappa shape index (κ1) is 22.9. The van der Waals surface area contributed by atoms with Gasteiger partial charge in [0.25, 0.3) is 0 Å². The Balaban J connectivity index is 2.05. The molecule has 3 rings (SSSR count). The summed E-state index contributed by atoms with van der Waals surface area (Å²) in [5.74, 6) is 0.335. The van der Waals surface area contributed by atoms with Gasteiger partial charge in [0.2, 0.25) is 0 Å².